The van der Waals surface area contributed by atoms with Crippen molar-refractivity contribution in [2.45, 2.75) is 33.4 Å². The van der Waals surface area contributed by atoms with Gasteiger partial charge in [0, 0.05) is 11.3 Å². The number of hydrogen-bond donors (Lipinski definition) is 2. The Morgan fingerprint density at radius 1 is 1.38 bits per heavy atom. The van der Waals surface area contributed by atoms with E-state index in [1.807, 2.05) is 12.2 Å². The second-order valence-corrected chi connectivity index (χ2v) is 5.07. The first-order valence-corrected chi connectivity index (χ1v) is 6.72. The molecule has 1 unspecified atom stereocenters. The number of nitrogens with two attached hydrogens (primary N) is 1. The highest BCUT2D eigenvalue weighted by molar-refractivity contribution is 5.72. The van der Waals surface area contributed by atoms with Crippen LogP contribution in [0.3, 0.4) is 0 Å². The van der Waals surface area contributed by atoms with Gasteiger partial charge in [-0.25, -0.2) is 0 Å². The quantitative estimate of drug-likeness (QED) is 0.791. The van der Waals surface area contributed by atoms with Crippen LogP contribution in [0.25, 0.3) is 5.70 Å². The largest absolute Gasteiger partial charge is 0.507 e. The molecule has 0 amide bonds. The molecule has 116 valence electrons. The summed E-state index contributed by atoms with van der Waals surface area (Å²) in [4.78, 5) is 0. The lowest BCUT2D eigenvalue weighted by Crippen LogP contribution is -2.06. The molecule has 5 heteroatoms. The van der Waals surface area contributed by atoms with Gasteiger partial charge in [-0.15, -0.1) is 0 Å². The summed E-state index contributed by atoms with van der Waals surface area (Å²) in [6.45, 7) is 5.86. The highest BCUT2D eigenvalue weighted by Gasteiger charge is 2.31. The van der Waals surface area contributed by atoms with E-state index in [4.69, 9.17) is 5.73 Å². The Labute approximate surface area is 122 Å². The highest BCUT2D eigenvalue weighted by atomic mass is 19.4. The number of allylic oxidation sites excluding steroid dienone is 3. The van der Waals surface area contributed by atoms with Crippen LogP contribution in [0.2, 0.25) is 0 Å². The number of phenolic OH excluding ortho intramolecular Hbond substituents is 1. The number of hydrogen-bond acceptors (Lipinski definition) is 2. The molecule has 0 bridgehead atoms. The fraction of sp³-hybridized carbons (Fsp3) is 0.375. The number of aromatic hydroxyl groups is 1. The first kappa shape index (κ1) is 17.1. The van der Waals surface area contributed by atoms with Gasteiger partial charge in [0.2, 0.25) is 0 Å². The molecule has 0 saturated heterocycles. The third-order valence-corrected chi connectivity index (χ3v) is 3.36. The van der Waals surface area contributed by atoms with Crippen LogP contribution in [0.5, 0.6) is 5.75 Å². The number of benzene rings is 1. The van der Waals surface area contributed by atoms with Gasteiger partial charge in [0.05, 0.1) is 5.56 Å². The Bertz CT molecular complexity index is 559. The van der Waals surface area contributed by atoms with Crippen molar-refractivity contribution in [3.63, 3.8) is 0 Å². The van der Waals surface area contributed by atoms with Crippen molar-refractivity contribution >= 4 is 5.70 Å². The van der Waals surface area contributed by atoms with Gasteiger partial charge in [0.1, 0.15) is 5.75 Å². The molecule has 0 heterocycles. The van der Waals surface area contributed by atoms with Crippen molar-refractivity contribution < 1.29 is 18.3 Å². The molecule has 3 N–H and O–H groups in total. The monoisotopic (exact) mass is 299 g/mol. The minimum Gasteiger partial charge on any atom is -0.507 e. The van der Waals surface area contributed by atoms with Crippen LogP contribution in [-0.2, 0) is 6.18 Å². The van der Waals surface area contributed by atoms with Crippen LogP contribution in [0.4, 0.5) is 13.2 Å². The molecule has 2 nitrogen and oxygen atoms in total. The Morgan fingerprint density at radius 3 is 2.48 bits per heavy atom. The summed E-state index contributed by atoms with van der Waals surface area (Å²) >= 11 is 0. The molecule has 0 aliphatic heterocycles. The van der Waals surface area contributed by atoms with Gasteiger partial charge in [-0.1, -0.05) is 32.4 Å². The highest BCUT2D eigenvalue weighted by Crippen LogP contribution is 2.34. The van der Waals surface area contributed by atoms with E-state index >= 15 is 0 Å². The zero-order valence-electron chi connectivity index (χ0n) is 12.3. The van der Waals surface area contributed by atoms with Crippen molar-refractivity contribution in [2.75, 3.05) is 0 Å². The molecule has 0 aromatic heterocycles. The molecule has 0 radical (unpaired) electrons. The predicted octanol–water partition coefficient (Wildman–Crippen LogP) is 4.70. The standard InChI is InChI=1S/C16H20F3NO/c1-4-10(2)5-6-11(3)15(20)13-8-7-12(9-14(13)21)16(17,18)19/h5-10,21H,4,20H2,1-3H3/b6-5?,15-11-. The summed E-state index contributed by atoms with van der Waals surface area (Å²) in [6.07, 6.45) is 0.291. The molecule has 0 saturated carbocycles. The molecule has 1 aromatic carbocycles. The van der Waals surface area contributed by atoms with Crippen molar-refractivity contribution in [3.05, 3.63) is 47.1 Å². The fourth-order valence-corrected chi connectivity index (χ4v) is 1.68. The lowest BCUT2D eigenvalue weighted by Gasteiger charge is -2.11. The van der Waals surface area contributed by atoms with Gasteiger partial charge >= 0.3 is 6.18 Å². The normalized spacial score (nSPS) is 15.1. The zero-order chi connectivity index (χ0) is 16.2. The third-order valence-electron chi connectivity index (χ3n) is 3.36. The van der Waals surface area contributed by atoms with Crippen LogP contribution in [0, 0.1) is 5.92 Å². The summed E-state index contributed by atoms with van der Waals surface area (Å²) in [5, 5.41) is 9.76. The minimum absolute atomic E-state index is 0.203. The zero-order valence-corrected chi connectivity index (χ0v) is 12.3. The smallest absolute Gasteiger partial charge is 0.416 e. The molecule has 21 heavy (non-hydrogen) atoms. The molecule has 0 aliphatic carbocycles. The van der Waals surface area contributed by atoms with Crippen LogP contribution >= 0.6 is 0 Å². The van der Waals surface area contributed by atoms with Crippen LogP contribution in [0.15, 0.2) is 35.9 Å². The van der Waals surface area contributed by atoms with Gasteiger partial charge < -0.3 is 10.8 Å². The maximum atomic E-state index is 12.5. The van der Waals surface area contributed by atoms with E-state index in [1.54, 1.807) is 6.92 Å². The van der Waals surface area contributed by atoms with Gasteiger partial charge in [-0.05, 0) is 36.6 Å². The van der Waals surface area contributed by atoms with E-state index in [0.717, 1.165) is 12.5 Å². The lowest BCUT2D eigenvalue weighted by atomic mass is 10.0. The van der Waals surface area contributed by atoms with Crippen LogP contribution < -0.4 is 5.73 Å². The van der Waals surface area contributed by atoms with Gasteiger partial charge in [0.15, 0.2) is 0 Å². The Morgan fingerprint density at radius 2 is 2.00 bits per heavy atom. The van der Waals surface area contributed by atoms with Crippen molar-refractivity contribution in [2.24, 2.45) is 11.7 Å². The third kappa shape index (κ3) is 4.55. The SMILES string of the molecule is CCC(C)C=C/C(C)=C(\N)c1ccc(C(F)(F)F)cc1O. The van der Waals surface area contributed by atoms with Crippen molar-refractivity contribution in [1.29, 1.82) is 0 Å². The fourth-order valence-electron chi connectivity index (χ4n) is 1.68. The van der Waals surface area contributed by atoms with E-state index in [-0.39, 0.29) is 11.3 Å². The maximum Gasteiger partial charge on any atom is 0.416 e. The van der Waals surface area contributed by atoms with Crippen LogP contribution in [-0.4, -0.2) is 5.11 Å². The molecule has 1 rings (SSSR count). The van der Waals surface area contributed by atoms with Crippen LogP contribution in [0.1, 0.15) is 38.3 Å². The first-order chi connectivity index (χ1) is 9.66. The summed E-state index contributed by atoms with van der Waals surface area (Å²) < 4.78 is 37.6. The van der Waals surface area contributed by atoms with Crippen molar-refractivity contribution in [1.82, 2.24) is 0 Å². The van der Waals surface area contributed by atoms with E-state index in [0.29, 0.717) is 17.6 Å². The number of halogens is 3. The molecule has 0 aliphatic rings. The average Bonchev–Trinajstić information content (AvgIpc) is 2.42. The number of alkyl halides is 3. The predicted molar refractivity (Wildman–Crippen MR) is 78.5 cm³/mol. The minimum atomic E-state index is -4.49. The van der Waals surface area contributed by atoms with E-state index in [9.17, 15) is 18.3 Å². The van der Waals surface area contributed by atoms with Gasteiger partial charge in [-0.2, -0.15) is 13.2 Å². The lowest BCUT2D eigenvalue weighted by molar-refractivity contribution is -0.137. The second kappa shape index (κ2) is 6.70. The Kier molecular flexibility index (Phi) is 5.47. The number of rotatable bonds is 4. The maximum absolute atomic E-state index is 12.5. The molecular formula is C16H20F3NO. The van der Waals surface area contributed by atoms with E-state index in [2.05, 4.69) is 13.8 Å². The molecular weight excluding hydrogens is 279 g/mol. The van der Waals surface area contributed by atoms with Gasteiger partial charge in [0.25, 0.3) is 0 Å². The topological polar surface area (TPSA) is 46.2 Å². The van der Waals surface area contributed by atoms with E-state index < -0.39 is 17.5 Å². The molecule has 1 aromatic rings. The summed E-state index contributed by atoms with van der Waals surface area (Å²) in [6, 6.07) is 2.79. The van der Waals surface area contributed by atoms with E-state index in [1.165, 1.54) is 6.07 Å². The molecule has 1 atom stereocenters. The first-order valence-electron chi connectivity index (χ1n) is 6.72. The molecule has 0 fully saturated rings. The Balaban J connectivity index is 3.13. The summed E-state index contributed by atoms with van der Waals surface area (Å²) in [5.74, 6) is -0.0902. The average molecular weight is 299 g/mol. The Hall–Kier alpha value is -1.91. The molecule has 0 spiro atoms. The summed E-state index contributed by atoms with van der Waals surface area (Å²) in [7, 11) is 0. The number of phenols is 1. The second-order valence-electron chi connectivity index (χ2n) is 5.07. The van der Waals surface area contributed by atoms with Crippen molar-refractivity contribution in [3.8, 4) is 5.75 Å². The summed E-state index contributed by atoms with van der Waals surface area (Å²) in [5.41, 5.74) is 6.18. The van der Waals surface area contributed by atoms with Gasteiger partial charge in [-0.3, -0.25) is 0 Å².